The molecule has 0 saturated heterocycles. The molecule has 1 amide bonds. The van der Waals surface area contributed by atoms with Crippen LogP contribution in [-0.4, -0.2) is 25.2 Å². The number of hydrogen-bond acceptors (Lipinski definition) is 3. The first-order valence-corrected chi connectivity index (χ1v) is 9.20. The molecule has 146 valence electrons. The summed E-state index contributed by atoms with van der Waals surface area (Å²) >= 11 is 0. The molecule has 0 spiro atoms. The second kappa shape index (κ2) is 8.10. The molecule has 1 atom stereocenters. The number of imidazole rings is 1. The minimum atomic E-state index is -0.721. The van der Waals surface area contributed by atoms with E-state index < -0.39 is 11.9 Å². The van der Waals surface area contributed by atoms with Crippen LogP contribution in [0.4, 0.5) is 4.39 Å². The molecule has 6 nitrogen and oxygen atoms in total. The summed E-state index contributed by atoms with van der Waals surface area (Å²) in [6, 6.07) is 15.5. The molecule has 4 aromatic rings. The molecule has 29 heavy (non-hydrogen) atoms. The van der Waals surface area contributed by atoms with Crippen LogP contribution in [0.3, 0.4) is 0 Å². The van der Waals surface area contributed by atoms with Gasteiger partial charge in [-0.15, -0.1) is 0 Å². The molecule has 1 unspecified atom stereocenters. The maximum absolute atomic E-state index is 14.5. The van der Waals surface area contributed by atoms with Crippen LogP contribution in [0.15, 0.2) is 79.4 Å². The Morgan fingerprint density at radius 1 is 1.14 bits per heavy atom. The molecule has 0 saturated carbocycles. The number of aromatic nitrogens is 4. The van der Waals surface area contributed by atoms with Gasteiger partial charge in [0.2, 0.25) is 0 Å². The Balaban J connectivity index is 1.58. The van der Waals surface area contributed by atoms with Crippen molar-refractivity contribution in [2.45, 2.75) is 12.6 Å². The minimum absolute atomic E-state index is 0.347. The minimum Gasteiger partial charge on any atom is -0.338 e. The number of carbonyl (C=O) groups is 1. The zero-order valence-corrected chi connectivity index (χ0v) is 15.9. The Bertz CT molecular complexity index is 1120. The monoisotopic (exact) mass is 389 g/mol. The van der Waals surface area contributed by atoms with E-state index in [4.69, 9.17) is 0 Å². The lowest BCUT2D eigenvalue weighted by atomic mass is 10.0. The summed E-state index contributed by atoms with van der Waals surface area (Å²) in [4.78, 5) is 17.2. The van der Waals surface area contributed by atoms with Crippen molar-refractivity contribution in [2.75, 3.05) is 0 Å². The lowest BCUT2D eigenvalue weighted by Gasteiger charge is -2.19. The van der Waals surface area contributed by atoms with Gasteiger partial charge in [0.05, 0.1) is 18.3 Å². The number of benzene rings is 2. The average Bonchev–Trinajstić information content (AvgIpc) is 3.37. The third-order valence-corrected chi connectivity index (χ3v) is 4.69. The van der Waals surface area contributed by atoms with Gasteiger partial charge in [0.15, 0.2) is 0 Å². The van der Waals surface area contributed by atoms with E-state index in [2.05, 4.69) is 15.4 Å². The number of aryl methyl sites for hydroxylation is 1. The van der Waals surface area contributed by atoms with Gasteiger partial charge in [-0.3, -0.25) is 9.48 Å². The van der Waals surface area contributed by atoms with E-state index in [1.54, 1.807) is 53.1 Å². The van der Waals surface area contributed by atoms with Crippen molar-refractivity contribution in [3.63, 3.8) is 0 Å². The third-order valence-electron chi connectivity index (χ3n) is 4.69. The van der Waals surface area contributed by atoms with Crippen LogP contribution >= 0.6 is 0 Å². The molecule has 0 fully saturated rings. The molecule has 0 bridgehead atoms. The summed E-state index contributed by atoms with van der Waals surface area (Å²) in [7, 11) is 1.81. The molecule has 2 aromatic carbocycles. The molecule has 4 rings (SSSR count). The van der Waals surface area contributed by atoms with E-state index >= 15 is 0 Å². The summed E-state index contributed by atoms with van der Waals surface area (Å²) in [5, 5.41) is 7.17. The summed E-state index contributed by atoms with van der Waals surface area (Å²) in [6.45, 7) is 0.560. The highest BCUT2D eigenvalue weighted by molar-refractivity contribution is 5.94. The maximum atomic E-state index is 14.5. The topological polar surface area (TPSA) is 64.7 Å². The molecule has 1 N–H and O–H groups in total. The van der Waals surface area contributed by atoms with E-state index in [1.165, 1.54) is 12.3 Å². The molecule has 0 radical (unpaired) electrons. The van der Waals surface area contributed by atoms with Gasteiger partial charge in [0.25, 0.3) is 5.91 Å². The number of nitrogens with one attached hydrogen (secondary N) is 1. The van der Waals surface area contributed by atoms with Gasteiger partial charge >= 0.3 is 0 Å². The van der Waals surface area contributed by atoms with Crippen molar-refractivity contribution >= 4 is 5.91 Å². The van der Waals surface area contributed by atoms with Gasteiger partial charge in [-0.2, -0.15) is 5.10 Å². The van der Waals surface area contributed by atoms with Crippen LogP contribution in [0, 0.1) is 5.82 Å². The van der Waals surface area contributed by atoms with E-state index in [1.807, 2.05) is 30.3 Å². The second-order valence-electron chi connectivity index (χ2n) is 6.74. The first-order chi connectivity index (χ1) is 14.1. The Labute approximate surface area is 167 Å². The molecular weight excluding hydrogens is 369 g/mol. The van der Waals surface area contributed by atoms with E-state index in [0.717, 1.165) is 5.56 Å². The molecule has 0 aliphatic carbocycles. The van der Waals surface area contributed by atoms with Crippen molar-refractivity contribution in [1.82, 2.24) is 24.6 Å². The predicted molar refractivity (Wildman–Crippen MR) is 107 cm³/mol. The molecule has 2 heterocycles. The first kappa shape index (κ1) is 18.6. The van der Waals surface area contributed by atoms with E-state index in [0.29, 0.717) is 23.5 Å². The van der Waals surface area contributed by atoms with Crippen molar-refractivity contribution in [1.29, 1.82) is 0 Å². The normalized spacial score (nSPS) is 11.9. The van der Waals surface area contributed by atoms with Crippen LogP contribution in [0.5, 0.6) is 0 Å². The van der Waals surface area contributed by atoms with E-state index in [-0.39, 0.29) is 5.91 Å². The van der Waals surface area contributed by atoms with Crippen LogP contribution in [0.1, 0.15) is 33.4 Å². The predicted octanol–water partition coefficient (Wildman–Crippen LogP) is 3.32. The number of hydrogen-bond donors (Lipinski definition) is 1. The molecule has 2 aromatic heterocycles. The molecule has 0 aliphatic rings. The number of carbonyl (C=O) groups excluding carboxylic acids is 1. The van der Waals surface area contributed by atoms with Crippen molar-refractivity contribution in [3.8, 4) is 0 Å². The van der Waals surface area contributed by atoms with Crippen molar-refractivity contribution < 1.29 is 9.18 Å². The lowest BCUT2D eigenvalue weighted by Crippen LogP contribution is -2.31. The molecule has 7 heteroatoms. The fourth-order valence-corrected chi connectivity index (χ4v) is 3.20. The van der Waals surface area contributed by atoms with Gasteiger partial charge in [-0.25, -0.2) is 9.37 Å². The lowest BCUT2D eigenvalue weighted by molar-refractivity contribution is 0.0940. The van der Waals surface area contributed by atoms with E-state index in [9.17, 15) is 9.18 Å². The SMILES string of the molecule is Cn1ccnc1C(NC(=O)c1cnn(Cc2ccccc2)c1)c1ccccc1F. The van der Waals surface area contributed by atoms with Crippen LogP contribution in [-0.2, 0) is 13.6 Å². The van der Waals surface area contributed by atoms with Gasteiger partial charge in [-0.05, 0) is 11.6 Å². The third kappa shape index (κ3) is 4.08. The Morgan fingerprint density at radius 3 is 2.62 bits per heavy atom. The summed E-state index contributed by atoms with van der Waals surface area (Å²) in [6.07, 6.45) is 6.56. The van der Waals surface area contributed by atoms with Gasteiger partial charge < -0.3 is 9.88 Å². The Hall–Kier alpha value is -3.74. The first-order valence-electron chi connectivity index (χ1n) is 9.20. The van der Waals surface area contributed by atoms with Crippen molar-refractivity contribution in [2.24, 2.45) is 7.05 Å². The fourth-order valence-electron chi connectivity index (χ4n) is 3.20. The number of halogens is 1. The van der Waals surface area contributed by atoms with Crippen LogP contribution < -0.4 is 5.32 Å². The quantitative estimate of drug-likeness (QED) is 0.550. The second-order valence-corrected chi connectivity index (χ2v) is 6.74. The Kier molecular flexibility index (Phi) is 5.20. The molecule has 0 aliphatic heterocycles. The number of nitrogens with zero attached hydrogens (tertiary/aromatic N) is 4. The summed E-state index contributed by atoms with van der Waals surface area (Å²) in [5.41, 5.74) is 1.84. The number of amides is 1. The van der Waals surface area contributed by atoms with Crippen LogP contribution in [0.25, 0.3) is 0 Å². The van der Waals surface area contributed by atoms with Gasteiger partial charge in [-0.1, -0.05) is 48.5 Å². The van der Waals surface area contributed by atoms with Crippen molar-refractivity contribution in [3.05, 3.63) is 108 Å². The fraction of sp³-hybridized carbons (Fsp3) is 0.136. The molecular formula is C22H20FN5O. The highest BCUT2D eigenvalue weighted by atomic mass is 19.1. The average molecular weight is 389 g/mol. The summed E-state index contributed by atoms with van der Waals surface area (Å²) in [5.74, 6) is -0.207. The summed E-state index contributed by atoms with van der Waals surface area (Å²) < 4.78 is 17.9. The zero-order valence-electron chi connectivity index (χ0n) is 15.9. The maximum Gasteiger partial charge on any atom is 0.255 e. The number of rotatable bonds is 6. The highest BCUT2D eigenvalue weighted by Gasteiger charge is 2.24. The van der Waals surface area contributed by atoms with Crippen LogP contribution in [0.2, 0.25) is 0 Å². The largest absolute Gasteiger partial charge is 0.338 e. The highest BCUT2D eigenvalue weighted by Crippen LogP contribution is 2.23. The zero-order chi connectivity index (χ0) is 20.2. The van der Waals surface area contributed by atoms with Gasteiger partial charge in [0.1, 0.15) is 17.7 Å². The smallest absolute Gasteiger partial charge is 0.255 e. The van der Waals surface area contributed by atoms with Gasteiger partial charge in [0, 0.05) is 31.2 Å². The Morgan fingerprint density at radius 2 is 1.90 bits per heavy atom. The standard InChI is InChI=1S/C22H20FN5O/c1-27-12-11-24-21(27)20(18-9-5-6-10-19(18)23)26-22(29)17-13-25-28(15-17)14-16-7-3-2-4-8-16/h2-13,15,20H,14H2,1H3,(H,26,29).